The van der Waals surface area contributed by atoms with Crippen LogP contribution < -0.4 is 10.2 Å². The van der Waals surface area contributed by atoms with Gasteiger partial charge in [-0.2, -0.15) is 0 Å². The highest BCUT2D eigenvalue weighted by molar-refractivity contribution is 5.92. The van der Waals surface area contributed by atoms with E-state index in [2.05, 4.69) is 31.3 Å². The second kappa shape index (κ2) is 11.5. The Morgan fingerprint density at radius 1 is 0.935 bits per heavy atom. The van der Waals surface area contributed by atoms with Crippen LogP contribution in [0.25, 0.3) is 0 Å². The highest BCUT2D eigenvalue weighted by atomic mass is 16.2. The van der Waals surface area contributed by atoms with Crippen LogP contribution in [0.3, 0.4) is 0 Å². The predicted molar refractivity (Wildman–Crippen MR) is 129 cm³/mol. The lowest BCUT2D eigenvalue weighted by Gasteiger charge is -2.29. The Hall–Kier alpha value is -2.82. The van der Waals surface area contributed by atoms with E-state index in [1.165, 1.54) is 0 Å². The normalized spacial score (nSPS) is 11.0. The molecule has 2 amide bonds. The monoisotopic (exact) mass is 423 g/mol. The van der Waals surface area contributed by atoms with Gasteiger partial charge in [0.05, 0.1) is 0 Å². The van der Waals surface area contributed by atoms with Gasteiger partial charge < -0.3 is 15.1 Å². The minimum Gasteiger partial charge on any atom is -0.377 e. The van der Waals surface area contributed by atoms with E-state index in [1.54, 1.807) is 0 Å². The number of carbonyl (C=O) groups is 2. The first-order chi connectivity index (χ1) is 14.8. The SMILES string of the molecule is CCC(CC)C(=O)N(Cc1ccccc1)Cc1cc(NC(=O)C(C)C)ccc1N(C)C. The summed E-state index contributed by atoms with van der Waals surface area (Å²) in [6.07, 6.45) is 1.65. The third-order valence-electron chi connectivity index (χ3n) is 5.58. The number of carbonyl (C=O) groups excluding carboxylic acids is 2. The molecule has 168 valence electrons. The van der Waals surface area contributed by atoms with Crippen molar-refractivity contribution in [2.45, 2.75) is 53.6 Å². The van der Waals surface area contributed by atoms with Crippen molar-refractivity contribution >= 4 is 23.2 Å². The van der Waals surface area contributed by atoms with E-state index in [-0.39, 0.29) is 23.7 Å². The van der Waals surface area contributed by atoms with E-state index < -0.39 is 0 Å². The summed E-state index contributed by atoms with van der Waals surface area (Å²) in [5.74, 6) is 0.0753. The summed E-state index contributed by atoms with van der Waals surface area (Å²) in [4.78, 5) is 29.6. The average molecular weight is 424 g/mol. The minimum atomic E-state index is -0.0944. The molecule has 0 aliphatic carbocycles. The summed E-state index contributed by atoms with van der Waals surface area (Å²) < 4.78 is 0. The average Bonchev–Trinajstić information content (AvgIpc) is 2.74. The number of amides is 2. The summed E-state index contributed by atoms with van der Waals surface area (Å²) in [6.45, 7) is 8.94. The molecule has 0 fully saturated rings. The fourth-order valence-corrected chi connectivity index (χ4v) is 3.63. The lowest BCUT2D eigenvalue weighted by molar-refractivity contribution is -0.137. The van der Waals surface area contributed by atoms with Gasteiger partial charge in [0.25, 0.3) is 0 Å². The van der Waals surface area contributed by atoms with Gasteiger partial charge in [-0.05, 0) is 42.2 Å². The highest BCUT2D eigenvalue weighted by Gasteiger charge is 2.23. The lowest BCUT2D eigenvalue weighted by atomic mass is 10.0. The molecule has 0 saturated carbocycles. The Bertz CT molecular complexity index is 858. The van der Waals surface area contributed by atoms with Crippen LogP contribution in [0.2, 0.25) is 0 Å². The van der Waals surface area contributed by atoms with Gasteiger partial charge in [0.1, 0.15) is 0 Å². The molecular weight excluding hydrogens is 386 g/mol. The minimum absolute atomic E-state index is 0.00958. The maximum atomic E-state index is 13.4. The third kappa shape index (κ3) is 6.84. The van der Waals surface area contributed by atoms with E-state index in [4.69, 9.17) is 0 Å². The number of benzene rings is 2. The molecule has 5 heteroatoms. The molecule has 0 aliphatic rings. The number of hydrogen-bond acceptors (Lipinski definition) is 3. The van der Waals surface area contributed by atoms with Gasteiger partial charge in [-0.25, -0.2) is 0 Å². The molecule has 5 nitrogen and oxygen atoms in total. The molecule has 0 aromatic heterocycles. The van der Waals surface area contributed by atoms with Gasteiger partial charge in [-0.1, -0.05) is 58.0 Å². The van der Waals surface area contributed by atoms with Crippen molar-refractivity contribution in [3.8, 4) is 0 Å². The maximum absolute atomic E-state index is 13.4. The molecule has 1 N–H and O–H groups in total. The zero-order chi connectivity index (χ0) is 23.0. The van der Waals surface area contributed by atoms with E-state index in [1.807, 2.05) is 74.1 Å². The van der Waals surface area contributed by atoms with Gasteiger partial charge in [-0.15, -0.1) is 0 Å². The molecule has 0 aliphatic heterocycles. The summed E-state index contributed by atoms with van der Waals surface area (Å²) in [7, 11) is 3.99. The molecule has 0 unspecified atom stereocenters. The number of hydrogen-bond donors (Lipinski definition) is 1. The molecular formula is C26H37N3O2. The van der Waals surface area contributed by atoms with E-state index in [0.717, 1.165) is 35.3 Å². The molecule has 0 heterocycles. The molecule has 0 radical (unpaired) electrons. The van der Waals surface area contributed by atoms with Crippen LogP contribution >= 0.6 is 0 Å². The highest BCUT2D eigenvalue weighted by Crippen LogP contribution is 2.27. The van der Waals surface area contributed by atoms with Crippen LogP contribution in [-0.4, -0.2) is 30.8 Å². The first-order valence-corrected chi connectivity index (χ1v) is 11.2. The molecule has 0 spiro atoms. The van der Waals surface area contributed by atoms with E-state index in [9.17, 15) is 9.59 Å². The molecule has 0 saturated heterocycles. The van der Waals surface area contributed by atoms with Crippen molar-refractivity contribution in [2.24, 2.45) is 11.8 Å². The zero-order valence-electron chi connectivity index (χ0n) is 19.8. The smallest absolute Gasteiger partial charge is 0.226 e. The first-order valence-electron chi connectivity index (χ1n) is 11.2. The molecule has 2 aromatic rings. The van der Waals surface area contributed by atoms with E-state index in [0.29, 0.717) is 13.1 Å². The van der Waals surface area contributed by atoms with Crippen molar-refractivity contribution in [3.63, 3.8) is 0 Å². The largest absolute Gasteiger partial charge is 0.377 e. The Morgan fingerprint density at radius 2 is 1.58 bits per heavy atom. The van der Waals surface area contributed by atoms with Crippen molar-refractivity contribution in [1.29, 1.82) is 0 Å². The van der Waals surface area contributed by atoms with Crippen molar-refractivity contribution < 1.29 is 9.59 Å². The topological polar surface area (TPSA) is 52.7 Å². The first kappa shape index (κ1) is 24.4. The zero-order valence-corrected chi connectivity index (χ0v) is 19.8. The van der Waals surface area contributed by atoms with Crippen molar-refractivity contribution in [1.82, 2.24) is 4.90 Å². The van der Waals surface area contributed by atoms with Crippen LogP contribution in [0.5, 0.6) is 0 Å². The number of anilines is 2. The second-order valence-corrected chi connectivity index (χ2v) is 8.58. The van der Waals surface area contributed by atoms with Crippen LogP contribution in [0.1, 0.15) is 51.7 Å². The summed E-state index contributed by atoms with van der Waals surface area (Å²) in [6, 6.07) is 16.0. The third-order valence-corrected chi connectivity index (χ3v) is 5.58. The van der Waals surface area contributed by atoms with Crippen molar-refractivity contribution in [2.75, 3.05) is 24.3 Å². The molecule has 2 aromatic carbocycles. The fraction of sp³-hybridized carbons (Fsp3) is 0.462. The van der Waals surface area contributed by atoms with Gasteiger partial charge in [0, 0.05) is 50.4 Å². The quantitative estimate of drug-likeness (QED) is 0.563. The molecule has 2 rings (SSSR count). The summed E-state index contributed by atoms with van der Waals surface area (Å²) in [5, 5.41) is 2.98. The van der Waals surface area contributed by atoms with E-state index >= 15 is 0 Å². The van der Waals surface area contributed by atoms with Gasteiger partial charge >= 0.3 is 0 Å². The maximum Gasteiger partial charge on any atom is 0.226 e. The van der Waals surface area contributed by atoms with Gasteiger partial charge in [-0.3, -0.25) is 9.59 Å². The van der Waals surface area contributed by atoms with Crippen LogP contribution in [0.15, 0.2) is 48.5 Å². The van der Waals surface area contributed by atoms with Gasteiger partial charge in [0.2, 0.25) is 11.8 Å². The summed E-state index contributed by atoms with van der Waals surface area (Å²) in [5.41, 5.74) is 3.92. The second-order valence-electron chi connectivity index (χ2n) is 8.58. The Morgan fingerprint density at radius 3 is 2.13 bits per heavy atom. The number of nitrogens with one attached hydrogen (secondary N) is 1. The lowest BCUT2D eigenvalue weighted by Crippen LogP contribution is -2.35. The van der Waals surface area contributed by atoms with Crippen molar-refractivity contribution in [3.05, 3.63) is 59.7 Å². The fourth-order valence-electron chi connectivity index (χ4n) is 3.63. The van der Waals surface area contributed by atoms with Crippen LogP contribution in [0.4, 0.5) is 11.4 Å². The molecule has 0 atom stereocenters. The predicted octanol–water partition coefficient (Wildman–Crippen LogP) is 5.31. The Balaban J connectivity index is 2.40. The number of nitrogens with zero attached hydrogens (tertiary/aromatic N) is 2. The summed E-state index contributed by atoms with van der Waals surface area (Å²) >= 11 is 0. The van der Waals surface area contributed by atoms with Gasteiger partial charge in [0.15, 0.2) is 0 Å². The molecule has 31 heavy (non-hydrogen) atoms. The standard InChI is InChI=1S/C26H37N3O2/c1-7-21(8-2)26(31)29(17-20-12-10-9-11-13-20)18-22-16-23(27-25(30)19(3)4)14-15-24(22)28(5)6/h9-16,19,21H,7-8,17-18H2,1-6H3,(H,27,30). The van der Waals surface area contributed by atoms with Crippen LogP contribution in [-0.2, 0) is 22.7 Å². The molecule has 0 bridgehead atoms. The van der Waals surface area contributed by atoms with Crippen LogP contribution in [0, 0.1) is 11.8 Å². The Kier molecular flexibility index (Phi) is 9.10. The Labute approximate surface area is 187 Å². The number of rotatable bonds is 10.